The monoisotopic (exact) mass is 366 g/mol. The maximum Gasteiger partial charge on any atom is 0.0559 e. The number of aliphatic hydroxyl groups excluding tert-OH is 1. The minimum Gasteiger partial charge on any atom is -0.393 e. The van der Waals surface area contributed by atoms with E-state index in [0.29, 0.717) is 18.4 Å². The summed E-state index contributed by atoms with van der Waals surface area (Å²) in [6.07, 6.45) is 8.24. The molecule has 6 nitrogen and oxygen atoms in total. The van der Waals surface area contributed by atoms with E-state index in [1.807, 2.05) is 20.2 Å². The topological polar surface area (TPSA) is 73.4 Å². The Labute approximate surface area is 158 Å². The molecule has 3 unspecified atom stereocenters. The number of likely N-dealkylation sites (N-methyl/N-ethyl adjacent to an activating group) is 2. The van der Waals surface area contributed by atoms with Gasteiger partial charge in [0.25, 0.3) is 0 Å². The van der Waals surface area contributed by atoms with Gasteiger partial charge in [0.1, 0.15) is 0 Å². The quantitative estimate of drug-likeness (QED) is 0.496. The van der Waals surface area contributed by atoms with Crippen LogP contribution in [-0.2, 0) is 11.3 Å². The van der Waals surface area contributed by atoms with E-state index in [4.69, 9.17) is 4.74 Å². The molecule has 1 saturated carbocycles. The first-order valence-corrected chi connectivity index (χ1v) is 10.2. The Morgan fingerprint density at radius 2 is 2.31 bits per heavy atom. The molecular formula is C20H38N4O2. The van der Waals surface area contributed by atoms with Crippen molar-refractivity contribution in [2.24, 2.45) is 5.92 Å². The van der Waals surface area contributed by atoms with Gasteiger partial charge in [-0.05, 0) is 52.1 Å². The first-order chi connectivity index (χ1) is 12.6. The summed E-state index contributed by atoms with van der Waals surface area (Å²) in [5, 5.41) is 20.4. The SMILES string of the molecule is CCC(O)CCOCC1CCCC(c2[nH]ncc2CN(C)CCNC)C1. The Balaban J connectivity index is 1.81. The number of nitrogens with one attached hydrogen (secondary N) is 2. The summed E-state index contributed by atoms with van der Waals surface area (Å²) in [5.74, 6) is 1.18. The summed E-state index contributed by atoms with van der Waals surface area (Å²) in [5.41, 5.74) is 2.66. The number of aliphatic hydroxyl groups is 1. The zero-order valence-corrected chi connectivity index (χ0v) is 16.8. The van der Waals surface area contributed by atoms with Crippen molar-refractivity contribution in [3.05, 3.63) is 17.5 Å². The average Bonchev–Trinajstić information content (AvgIpc) is 3.11. The number of ether oxygens (including phenoxy) is 1. The number of aromatic nitrogens is 2. The minimum atomic E-state index is -0.221. The molecule has 3 atom stereocenters. The molecule has 0 amide bonds. The van der Waals surface area contributed by atoms with Crippen molar-refractivity contribution >= 4 is 0 Å². The molecule has 0 radical (unpaired) electrons. The van der Waals surface area contributed by atoms with Gasteiger partial charge in [0, 0.05) is 50.0 Å². The van der Waals surface area contributed by atoms with Crippen LogP contribution in [0.25, 0.3) is 0 Å². The molecule has 6 heteroatoms. The summed E-state index contributed by atoms with van der Waals surface area (Å²) < 4.78 is 5.85. The van der Waals surface area contributed by atoms with Crippen LogP contribution in [0.4, 0.5) is 0 Å². The molecule has 0 bridgehead atoms. The summed E-state index contributed by atoms with van der Waals surface area (Å²) in [6.45, 7) is 6.47. The highest BCUT2D eigenvalue weighted by Crippen LogP contribution is 2.37. The number of rotatable bonds is 12. The van der Waals surface area contributed by atoms with Crippen molar-refractivity contribution in [3.8, 4) is 0 Å². The maximum absolute atomic E-state index is 9.62. The normalized spacial score (nSPS) is 22.0. The van der Waals surface area contributed by atoms with Crippen molar-refractivity contribution < 1.29 is 9.84 Å². The van der Waals surface area contributed by atoms with Crippen molar-refractivity contribution in [3.63, 3.8) is 0 Å². The van der Waals surface area contributed by atoms with E-state index in [0.717, 1.165) is 39.1 Å². The summed E-state index contributed by atoms with van der Waals surface area (Å²) in [7, 11) is 4.15. The summed E-state index contributed by atoms with van der Waals surface area (Å²) in [4.78, 5) is 2.34. The molecule has 26 heavy (non-hydrogen) atoms. The lowest BCUT2D eigenvalue weighted by Crippen LogP contribution is -2.27. The number of hydrogen-bond donors (Lipinski definition) is 3. The number of nitrogens with zero attached hydrogens (tertiary/aromatic N) is 2. The molecule has 0 aliphatic heterocycles. The highest BCUT2D eigenvalue weighted by atomic mass is 16.5. The molecule has 1 heterocycles. The third-order valence-electron chi connectivity index (χ3n) is 5.55. The smallest absolute Gasteiger partial charge is 0.0559 e. The zero-order chi connectivity index (χ0) is 18.8. The first-order valence-electron chi connectivity index (χ1n) is 10.2. The predicted octanol–water partition coefficient (Wildman–Crippen LogP) is 2.51. The molecule has 1 aliphatic carbocycles. The van der Waals surface area contributed by atoms with Crippen molar-refractivity contribution in [2.75, 3.05) is 40.4 Å². The van der Waals surface area contributed by atoms with Crippen LogP contribution in [0.1, 0.15) is 62.6 Å². The van der Waals surface area contributed by atoms with Gasteiger partial charge in [-0.2, -0.15) is 5.10 Å². The fourth-order valence-corrected chi connectivity index (χ4v) is 3.85. The second-order valence-electron chi connectivity index (χ2n) is 7.81. The van der Waals surface area contributed by atoms with Gasteiger partial charge < -0.3 is 20.1 Å². The van der Waals surface area contributed by atoms with E-state index in [9.17, 15) is 5.11 Å². The molecule has 2 rings (SSSR count). The van der Waals surface area contributed by atoms with E-state index in [2.05, 4.69) is 27.5 Å². The van der Waals surface area contributed by atoms with Crippen LogP contribution in [0.3, 0.4) is 0 Å². The second-order valence-corrected chi connectivity index (χ2v) is 7.81. The van der Waals surface area contributed by atoms with E-state index in [1.165, 1.54) is 36.9 Å². The van der Waals surface area contributed by atoms with E-state index < -0.39 is 0 Å². The lowest BCUT2D eigenvalue weighted by atomic mass is 9.79. The van der Waals surface area contributed by atoms with Crippen LogP contribution in [0.5, 0.6) is 0 Å². The summed E-state index contributed by atoms with van der Waals surface area (Å²) in [6, 6.07) is 0. The van der Waals surface area contributed by atoms with Gasteiger partial charge in [-0.25, -0.2) is 0 Å². The lowest BCUT2D eigenvalue weighted by molar-refractivity contribution is 0.0512. The molecule has 1 aliphatic rings. The van der Waals surface area contributed by atoms with Crippen LogP contribution in [0.15, 0.2) is 6.20 Å². The van der Waals surface area contributed by atoms with Crippen LogP contribution >= 0.6 is 0 Å². The molecule has 0 saturated heterocycles. The van der Waals surface area contributed by atoms with Gasteiger partial charge in [0.2, 0.25) is 0 Å². The van der Waals surface area contributed by atoms with E-state index in [-0.39, 0.29) is 6.10 Å². The minimum absolute atomic E-state index is 0.221. The molecule has 0 aromatic carbocycles. The van der Waals surface area contributed by atoms with Gasteiger partial charge in [-0.15, -0.1) is 0 Å². The molecule has 3 N–H and O–H groups in total. The Morgan fingerprint density at radius 1 is 1.46 bits per heavy atom. The highest BCUT2D eigenvalue weighted by Gasteiger charge is 2.26. The predicted molar refractivity (Wildman–Crippen MR) is 105 cm³/mol. The van der Waals surface area contributed by atoms with Crippen molar-refractivity contribution in [1.82, 2.24) is 20.4 Å². The highest BCUT2D eigenvalue weighted by molar-refractivity contribution is 5.21. The van der Waals surface area contributed by atoms with Gasteiger partial charge in [-0.3, -0.25) is 5.10 Å². The molecule has 1 aromatic heterocycles. The van der Waals surface area contributed by atoms with Gasteiger partial charge in [0.05, 0.1) is 12.3 Å². The largest absolute Gasteiger partial charge is 0.393 e. The molecule has 0 spiro atoms. The lowest BCUT2D eigenvalue weighted by Gasteiger charge is -2.29. The third kappa shape index (κ3) is 6.99. The van der Waals surface area contributed by atoms with Gasteiger partial charge >= 0.3 is 0 Å². The molecule has 1 aromatic rings. The van der Waals surface area contributed by atoms with Crippen LogP contribution < -0.4 is 5.32 Å². The van der Waals surface area contributed by atoms with Gasteiger partial charge in [-0.1, -0.05) is 13.3 Å². The van der Waals surface area contributed by atoms with Crippen LogP contribution in [-0.4, -0.2) is 66.7 Å². The Bertz CT molecular complexity index is 494. The Morgan fingerprint density at radius 3 is 3.08 bits per heavy atom. The fraction of sp³-hybridized carbons (Fsp3) is 0.850. The third-order valence-corrected chi connectivity index (χ3v) is 5.55. The zero-order valence-electron chi connectivity index (χ0n) is 16.8. The first kappa shape index (κ1) is 21.4. The van der Waals surface area contributed by atoms with E-state index >= 15 is 0 Å². The second kappa shape index (κ2) is 11.7. The standard InChI is InChI=1S/C20H38N4O2/c1-4-19(25)8-11-26-15-16-6-5-7-17(12-16)20-18(13-22-23-20)14-24(3)10-9-21-2/h13,16-17,19,21,25H,4-12,14-15H2,1-3H3,(H,22,23). The molecular weight excluding hydrogens is 328 g/mol. The fourth-order valence-electron chi connectivity index (χ4n) is 3.85. The van der Waals surface area contributed by atoms with Crippen molar-refractivity contribution in [2.45, 2.75) is 64.0 Å². The maximum atomic E-state index is 9.62. The average molecular weight is 367 g/mol. The molecule has 1 fully saturated rings. The molecule has 150 valence electrons. The van der Waals surface area contributed by atoms with Crippen LogP contribution in [0.2, 0.25) is 0 Å². The van der Waals surface area contributed by atoms with Gasteiger partial charge in [0.15, 0.2) is 0 Å². The Kier molecular flexibility index (Phi) is 9.61. The van der Waals surface area contributed by atoms with Crippen molar-refractivity contribution in [1.29, 1.82) is 0 Å². The van der Waals surface area contributed by atoms with Crippen LogP contribution in [0, 0.1) is 5.92 Å². The van der Waals surface area contributed by atoms with E-state index in [1.54, 1.807) is 0 Å². The number of H-pyrrole nitrogens is 1. The number of hydrogen-bond acceptors (Lipinski definition) is 5. The Hall–Kier alpha value is -0.950. The summed E-state index contributed by atoms with van der Waals surface area (Å²) >= 11 is 0. The number of aromatic amines is 1.